The van der Waals surface area contributed by atoms with Crippen LogP contribution >= 0.6 is 11.8 Å². The van der Waals surface area contributed by atoms with Gasteiger partial charge < -0.3 is 10.4 Å². The normalized spacial score (nSPS) is 32.1. The van der Waals surface area contributed by atoms with Crippen LogP contribution in [0.2, 0.25) is 0 Å². The standard InChI is InChI=1S/C7H9NO2S.H2O/c1-4(9)5-3-8-6(10)2-7(8)11-5;/h5,7H,2-3H2,1H3;1H2/t5?,7-;/m1./s1. The highest BCUT2D eigenvalue weighted by Gasteiger charge is 2.45. The van der Waals surface area contributed by atoms with Crippen molar-refractivity contribution in [2.24, 2.45) is 0 Å². The topological polar surface area (TPSA) is 68.9 Å². The van der Waals surface area contributed by atoms with Crippen molar-refractivity contribution in [2.75, 3.05) is 6.54 Å². The van der Waals surface area contributed by atoms with Crippen molar-refractivity contribution < 1.29 is 15.1 Å². The first-order chi connectivity index (χ1) is 5.18. The van der Waals surface area contributed by atoms with Gasteiger partial charge in [-0.2, -0.15) is 0 Å². The summed E-state index contributed by atoms with van der Waals surface area (Å²) in [6.45, 7) is 2.23. The molecule has 2 rings (SSSR count). The fraction of sp³-hybridized carbons (Fsp3) is 0.714. The number of fused-ring (bicyclic) bond motifs is 1. The zero-order chi connectivity index (χ0) is 8.01. The van der Waals surface area contributed by atoms with Crippen LogP contribution in [0.15, 0.2) is 0 Å². The largest absolute Gasteiger partial charge is 0.412 e. The first-order valence-corrected chi connectivity index (χ1v) is 4.58. The maximum absolute atomic E-state index is 10.9. The Bertz CT molecular complexity index is 231. The molecule has 0 bridgehead atoms. The molecule has 2 fully saturated rings. The highest BCUT2D eigenvalue weighted by atomic mass is 32.2. The van der Waals surface area contributed by atoms with Crippen LogP contribution in [0.1, 0.15) is 13.3 Å². The van der Waals surface area contributed by atoms with Crippen molar-refractivity contribution in [3.05, 3.63) is 0 Å². The molecule has 0 radical (unpaired) electrons. The molecule has 0 saturated carbocycles. The molecule has 1 amide bonds. The van der Waals surface area contributed by atoms with Gasteiger partial charge in [0.25, 0.3) is 0 Å². The zero-order valence-electron chi connectivity index (χ0n) is 6.74. The summed E-state index contributed by atoms with van der Waals surface area (Å²) >= 11 is 1.63. The molecule has 2 N–H and O–H groups in total. The first kappa shape index (κ1) is 9.54. The van der Waals surface area contributed by atoms with Crippen LogP contribution in [0.25, 0.3) is 0 Å². The molecule has 2 aliphatic rings. The van der Waals surface area contributed by atoms with Crippen molar-refractivity contribution in [2.45, 2.75) is 24.0 Å². The second-order valence-electron chi connectivity index (χ2n) is 2.94. The molecule has 68 valence electrons. The number of β-lactam (4-membered cyclic amide) rings is 1. The third-order valence-corrected chi connectivity index (χ3v) is 3.70. The number of carbonyl (C=O) groups is 2. The van der Waals surface area contributed by atoms with Crippen LogP contribution in [0, 0.1) is 0 Å². The Hall–Kier alpha value is -0.550. The van der Waals surface area contributed by atoms with Gasteiger partial charge >= 0.3 is 0 Å². The van der Waals surface area contributed by atoms with Gasteiger partial charge in [-0.05, 0) is 6.92 Å². The molecule has 0 spiro atoms. The van der Waals surface area contributed by atoms with Crippen molar-refractivity contribution >= 4 is 23.5 Å². The number of Topliss-reactive ketones (excluding diaryl/α,β-unsaturated/α-hetero) is 1. The van der Waals surface area contributed by atoms with E-state index in [4.69, 9.17) is 0 Å². The van der Waals surface area contributed by atoms with Gasteiger partial charge in [-0.3, -0.25) is 9.59 Å². The van der Waals surface area contributed by atoms with Gasteiger partial charge in [-0.25, -0.2) is 0 Å². The number of nitrogens with zero attached hydrogens (tertiary/aromatic N) is 1. The minimum Gasteiger partial charge on any atom is -0.412 e. The lowest BCUT2D eigenvalue weighted by Gasteiger charge is -2.32. The minimum absolute atomic E-state index is 0. The van der Waals surface area contributed by atoms with Crippen LogP contribution in [-0.4, -0.2) is 39.2 Å². The van der Waals surface area contributed by atoms with E-state index in [0.29, 0.717) is 18.3 Å². The molecule has 1 unspecified atom stereocenters. The summed E-state index contributed by atoms with van der Waals surface area (Å²) in [6, 6.07) is 0. The van der Waals surface area contributed by atoms with E-state index in [9.17, 15) is 9.59 Å². The van der Waals surface area contributed by atoms with E-state index in [1.165, 1.54) is 0 Å². The molecule has 0 aromatic heterocycles. The zero-order valence-corrected chi connectivity index (χ0v) is 7.56. The molecule has 0 aromatic carbocycles. The molecule has 0 aromatic rings. The second-order valence-corrected chi connectivity index (χ2v) is 4.33. The summed E-state index contributed by atoms with van der Waals surface area (Å²) in [5.74, 6) is 0.392. The number of hydrogen-bond donors (Lipinski definition) is 0. The van der Waals surface area contributed by atoms with E-state index in [2.05, 4.69) is 0 Å². The maximum atomic E-state index is 10.9. The number of ketones is 1. The third kappa shape index (κ3) is 1.23. The molecule has 4 nitrogen and oxygen atoms in total. The fourth-order valence-electron chi connectivity index (χ4n) is 1.40. The van der Waals surface area contributed by atoms with E-state index < -0.39 is 0 Å². The predicted molar refractivity (Wildman–Crippen MR) is 45.8 cm³/mol. The Morgan fingerprint density at radius 1 is 1.67 bits per heavy atom. The highest BCUT2D eigenvalue weighted by Crippen LogP contribution is 2.39. The summed E-state index contributed by atoms with van der Waals surface area (Å²) < 4.78 is 0. The number of amides is 1. The molecular formula is C7H11NO3S. The Labute approximate surface area is 74.6 Å². The van der Waals surface area contributed by atoms with Crippen LogP contribution in [0.3, 0.4) is 0 Å². The Balaban J connectivity index is 0.000000720. The van der Waals surface area contributed by atoms with Crippen LogP contribution in [0.5, 0.6) is 0 Å². The summed E-state index contributed by atoms with van der Waals surface area (Å²) in [6.07, 6.45) is 0.633. The van der Waals surface area contributed by atoms with Crippen molar-refractivity contribution in [1.29, 1.82) is 0 Å². The number of thioether (sulfide) groups is 1. The van der Waals surface area contributed by atoms with Gasteiger partial charge in [0.05, 0.1) is 17.0 Å². The van der Waals surface area contributed by atoms with Crippen LogP contribution in [0.4, 0.5) is 0 Å². The molecule has 2 atom stereocenters. The maximum Gasteiger partial charge on any atom is 0.226 e. The first-order valence-electron chi connectivity index (χ1n) is 3.64. The quantitative estimate of drug-likeness (QED) is 0.518. The summed E-state index contributed by atoms with van der Waals surface area (Å²) in [7, 11) is 0. The lowest BCUT2D eigenvalue weighted by Crippen LogP contribution is -2.47. The van der Waals surface area contributed by atoms with Crippen LogP contribution < -0.4 is 0 Å². The van der Waals surface area contributed by atoms with Crippen molar-refractivity contribution in [1.82, 2.24) is 4.90 Å². The van der Waals surface area contributed by atoms with Gasteiger partial charge in [0.15, 0.2) is 0 Å². The fourth-order valence-corrected chi connectivity index (χ4v) is 2.81. The molecule has 0 aliphatic carbocycles. The molecule has 5 heteroatoms. The minimum atomic E-state index is 0. The monoisotopic (exact) mass is 189 g/mol. The highest BCUT2D eigenvalue weighted by molar-refractivity contribution is 8.01. The van der Waals surface area contributed by atoms with Gasteiger partial charge in [0.2, 0.25) is 5.91 Å². The van der Waals surface area contributed by atoms with Crippen LogP contribution in [-0.2, 0) is 9.59 Å². The average molecular weight is 189 g/mol. The van der Waals surface area contributed by atoms with Crippen molar-refractivity contribution in [3.8, 4) is 0 Å². The predicted octanol–water partition coefficient (Wildman–Crippen LogP) is -0.576. The second kappa shape index (κ2) is 3.06. The van der Waals surface area contributed by atoms with Crippen molar-refractivity contribution in [3.63, 3.8) is 0 Å². The Kier molecular flexibility index (Phi) is 2.44. The molecular weight excluding hydrogens is 178 g/mol. The summed E-state index contributed by atoms with van der Waals surface area (Å²) in [5, 5.41) is 0.364. The van der Waals surface area contributed by atoms with E-state index in [1.807, 2.05) is 0 Å². The van der Waals surface area contributed by atoms with Gasteiger partial charge in [-0.15, -0.1) is 11.8 Å². The molecule has 2 heterocycles. The SMILES string of the molecule is CC(=O)C1CN2C(=O)C[C@H]2S1.O. The summed E-state index contributed by atoms with van der Waals surface area (Å²) in [5.41, 5.74) is 0. The van der Waals surface area contributed by atoms with Gasteiger partial charge in [-0.1, -0.05) is 0 Å². The number of rotatable bonds is 1. The molecule has 2 aliphatic heterocycles. The third-order valence-electron chi connectivity index (χ3n) is 2.15. The summed E-state index contributed by atoms with van der Waals surface area (Å²) in [4.78, 5) is 23.6. The van der Waals surface area contributed by atoms with Gasteiger partial charge in [0, 0.05) is 6.54 Å². The Morgan fingerprint density at radius 3 is 2.75 bits per heavy atom. The lowest BCUT2D eigenvalue weighted by atomic mass is 10.2. The van der Waals surface area contributed by atoms with E-state index in [1.54, 1.807) is 23.6 Å². The smallest absolute Gasteiger partial charge is 0.226 e. The molecule has 12 heavy (non-hydrogen) atoms. The Morgan fingerprint density at radius 2 is 2.33 bits per heavy atom. The average Bonchev–Trinajstić information content (AvgIpc) is 2.26. The van der Waals surface area contributed by atoms with Gasteiger partial charge in [0.1, 0.15) is 5.78 Å². The van der Waals surface area contributed by atoms with E-state index in [-0.39, 0.29) is 22.4 Å². The van der Waals surface area contributed by atoms with E-state index >= 15 is 0 Å². The molecule has 2 saturated heterocycles. The van der Waals surface area contributed by atoms with E-state index in [0.717, 1.165) is 0 Å². The number of carbonyl (C=O) groups excluding carboxylic acids is 2. The number of hydrogen-bond acceptors (Lipinski definition) is 3. The lowest BCUT2D eigenvalue weighted by molar-refractivity contribution is -0.140.